The van der Waals surface area contributed by atoms with E-state index in [1.165, 1.54) is 0 Å². The third-order valence-electron chi connectivity index (χ3n) is 5.27. The molecule has 0 radical (unpaired) electrons. The lowest BCUT2D eigenvalue weighted by Gasteiger charge is -2.34. The van der Waals surface area contributed by atoms with Crippen LogP contribution in [0, 0.1) is 0 Å². The molecule has 0 aliphatic carbocycles. The highest BCUT2D eigenvalue weighted by Crippen LogP contribution is 2.20. The van der Waals surface area contributed by atoms with Crippen molar-refractivity contribution < 1.29 is 14.3 Å². The van der Waals surface area contributed by atoms with Crippen LogP contribution in [0.15, 0.2) is 54.6 Å². The molecule has 2 aromatic carbocycles. The van der Waals surface area contributed by atoms with E-state index in [0.29, 0.717) is 42.6 Å². The van der Waals surface area contributed by atoms with E-state index in [-0.39, 0.29) is 18.4 Å². The maximum Gasteiger partial charge on any atom is 0.270 e. The quantitative estimate of drug-likeness (QED) is 0.662. The first-order chi connectivity index (χ1) is 14.0. The summed E-state index contributed by atoms with van der Waals surface area (Å²) in [4.78, 5) is 28.9. The average molecular weight is 412 g/mol. The molecule has 4 rings (SSSR count). The fraction of sp³-hybridized carbons (Fsp3) is 0.273. The van der Waals surface area contributed by atoms with Crippen molar-refractivity contribution in [2.45, 2.75) is 0 Å². The number of hydrogen-bond donors (Lipinski definition) is 0. The molecular weight excluding hydrogens is 390 g/mol. The van der Waals surface area contributed by atoms with Crippen molar-refractivity contribution in [3.8, 4) is 5.75 Å². The van der Waals surface area contributed by atoms with Crippen LogP contribution in [-0.4, -0.2) is 59.0 Å². The fourth-order valence-corrected chi connectivity index (χ4v) is 3.71. The smallest absolute Gasteiger partial charge is 0.270 e. The van der Waals surface area contributed by atoms with Gasteiger partial charge in [0.1, 0.15) is 11.4 Å². The largest absolute Gasteiger partial charge is 0.484 e. The minimum Gasteiger partial charge on any atom is -0.484 e. The Morgan fingerprint density at radius 3 is 2.31 bits per heavy atom. The van der Waals surface area contributed by atoms with Gasteiger partial charge in [-0.3, -0.25) is 9.59 Å². The molecule has 0 bridgehead atoms. The zero-order valence-electron chi connectivity index (χ0n) is 16.2. The molecular formula is C22H22ClN3O3. The summed E-state index contributed by atoms with van der Waals surface area (Å²) in [5.74, 6) is 0.511. The first-order valence-electron chi connectivity index (χ1n) is 9.53. The number of aryl methyl sites for hydroxylation is 1. The number of hydrogen-bond acceptors (Lipinski definition) is 3. The number of benzene rings is 2. The number of fused-ring (bicyclic) bond motifs is 1. The van der Waals surface area contributed by atoms with E-state index in [1.54, 1.807) is 34.1 Å². The maximum atomic E-state index is 13.0. The van der Waals surface area contributed by atoms with Crippen molar-refractivity contribution in [3.05, 3.63) is 65.3 Å². The molecule has 0 N–H and O–H groups in total. The topological polar surface area (TPSA) is 54.8 Å². The van der Waals surface area contributed by atoms with Crippen LogP contribution in [0.1, 0.15) is 10.5 Å². The van der Waals surface area contributed by atoms with Gasteiger partial charge in [0.15, 0.2) is 6.61 Å². The van der Waals surface area contributed by atoms with E-state index in [4.69, 9.17) is 16.3 Å². The molecule has 150 valence electrons. The van der Waals surface area contributed by atoms with Gasteiger partial charge in [0.2, 0.25) is 0 Å². The Bertz CT molecular complexity index is 1040. The van der Waals surface area contributed by atoms with Gasteiger partial charge in [-0.2, -0.15) is 0 Å². The van der Waals surface area contributed by atoms with Gasteiger partial charge in [-0.1, -0.05) is 29.8 Å². The van der Waals surface area contributed by atoms with Crippen LogP contribution in [0.3, 0.4) is 0 Å². The molecule has 2 heterocycles. The van der Waals surface area contributed by atoms with Gasteiger partial charge in [0.05, 0.1) is 0 Å². The van der Waals surface area contributed by atoms with Gasteiger partial charge in [-0.05, 0) is 36.4 Å². The van der Waals surface area contributed by atoms with E-state index in [0.717, 1.165) is 10.9 Å². The van der Waals surface area contributed by atoms with Crippen LogP contribution in [0.2, 0.25) is 5.02 Å². The van der Waals surface area contributed by atoms with Gasteiger partial charge in [-0.15, -0.1) is 0 Å². The van der Waals surface area contributed by atoms with Gasteiger partial charge in [0.25, 0.3) is 11.8 Å². The molecule has 1 aliphatic rings. The first kappa shape index (κ1) is 19.3. The minimum atomic E-state index is -0.0864. The fourth-order valence-electron chi connectivity index (χ4n) is 3.58. The molecule has 7 heteroatoms. The number of halogens is 1. The summed E-state index contributed by atoms with van der Waals surface area (Å²) in [6.07, 6.45) is 0. The Labute approximate surface area is 174 Å². The van der Waals surface area contributed by atoms with E-state index in [9.17, 15) is 9.59 Å². The Balaban J connectivity index is 1.33. The molecule has 2 amide bonds. The highest BCUT2D eigenvalue weighted by atomic mass is 35.5. The molecule has 3 aromatic rings. The molecule has 0 spiro atoms. The lowest BCUT2D eigenvalue weighted by atomic mass is 10.2. The lowest BCUT2D eigenvalue weighted by Crippen LogP contribution is -2.51. The van der Waals surface area contributed by atoms with Crippen LogP contribution in [0.25, 0.3) is 10.9 Å². The average Bonchev–Trinajstić information content (AvgIpc) is 3.09. The third-order valence-corrected chi connectivity index (χ3v) is 5.52. The summed E-state index contributed by atoms with van der Waals surface area (Å²) in [6, 6.07) is 16.8. The number of carbonyl (C=O) groups excluding carboxylic acids is 2. The normalized spacial score (nSPS) is 14.3. The number of piperazine rings is 1. The van der Waals surface area contributed by atoms with Crippen LogP contribution in [-0.2, 0) is 11.8 Å². The zero-order chi connectivity index (χ0) is 20.4. The third kappa shape index (κ3) is 4.07. The van der Waals surface area contributed by atoms with Crippen molar-refractivity contribution in [1.82, 2.24) is 14.4 Å². The molecule has 29 heavy (non-hydrogen) atoms. The Morgan fingerprint density at radius 1 is 0.966 bits per heavy atom. The Morgan fingerprint density at radius 2 is 1.62 bits per heavy atom. The maximum absolute atomic E-state index is 13.0. The van der Waals surface area contributed by atoms with Crippen molar-refractivity contribution >= 4 is 34.3 Å². The number of carbonyl (C=O) groups is 2. The number of amides is 2. The standard InChI is InChI=1S/C22H22ClN3O3/c1-24-19-5-3-2-4-16(19)14-20(24)22(28)26-12-10-25(11-13-26)21(27)15-29-18-8-6-17(23)7-9-18/h2-9,14H,10-13,15H2,1H3. The summed E-state index contributed by atoms with van der Waals surface area (Å²) in [5, 5.41) is 1.67. The second-order valence-electron chi connectivity index (χ2n) is 7.06. The van der Waals surface area contributed by atoms with Gasteiger partial charge in [-0.25, -0.2) is 0 Å². The number of para-hydroxylation sites is 1. The zero-order valence-corrected chi connectivity index (χ0v) is 16.9. The lowest BCUT2D eigenvalue weighted by molar-refractivity contribution is -0.134. The second-order valence-corrected chi connectivity index (χ2v) is 7.50. The predicted molar refractivity (Wildman–Crippen MR) is 112 cm³/mol. The number of aromatic nitrogens is 1. The van der Waals surface area contributed by atoms with E-state index < -0.39 is 0 Å². The van der Waals surface area contributed by atoms with Gasteiger partial charge < -0.3 is 19.1 Å². The Kier molecular flexibility index (Phi) is 5.45. The van der Waals surface area contributed by atoms with E-state index in [1.807, 2.05) is 41.9 Å². The van der Waals surface area contributed by atoms with Crippen LogP contribution >= 0.6 is 11.6 Å². The molecule has 1 aromatic heterocycles. The molecule has 1 fully saturated rings. The summed E-state index contributed by atoms with van der Waals surface area (Å²) in [7, 11) is 1.91. The second kappa shape index (κ2) is 8.17. The molecule has 6 nitrogen and oxygen atoms in total. The molecule has 1 aliphatic heterocycles. The van der Waals surface area contributed by atoms with Crippen LogP contribution in [0.4, 0.5) is 0 Å². The molecule has 0 atom stereocenters. The van der Waals surface area contributed by atoms with Crippen molar-refractivity contribution in [3.63, 3.8) is 0 Å². The number of ether oxygens (including phenoxy) is 1. The van der Waals surface area contributed by atoms with Crippen LogP contribution in [0.5, 0.6) is 5.75 Å². The van der Waals surface area contributed by atoms with E-state index >= 15 is 0 Å². The van der Waals surface area contributed by atoms with Crippen molar-refractivity contribution in [2.24, 2.45) is 7.05 Å². The summed E-state index contributed by atoms with van der Waals surface area (Å²) >= 11 is 5.85. The predicted octanol–water partition coefficient (Wildman–Crippen LogP) is 3.20. The molecule has 1 saturated heterocycles. The summed E-state index contributed by atoms with van der Waals surface area (Å²) in [5.41, 5.74) is 1.70. The van der Waals surface area contributed by atoms with Crippen LogP contribution < -0.4 is 4.74 Å². The summed E-state index contributed by atoms with van der Waals surface area (Å²) in [6.45, 7) is 1.98. The SMILES string of the molecule is Cn1c(C(=O)N2CCN(C(=O)COc3ccc(Cl)cc3)CC2)cc2ccccc21. The highest BCUT2D eigenvalue weighted by Gasteiger charge is 2.26. The highest BCUT2D eigenvalue weighted by molar-refractivity contribution is 6.30. The number of rotatable bonds is 4. The summed E-state index contributed by atoms with van der Waals surface area (Å²) < 4.78 is 7.46. The molecule has 0 saturated carbocycles. The van der Waals surface area contributed by atoms with Crippen molar-refractivity contribution in [2.75, 3.05) is 32.8 Å². The molecule has 0 unspecified atom stereocenters. The first-order valence-corrected chi connectivity index (χ1v) is 9.90. The van der Waals surface area contributed by atoms with Gasteiger partial charge >= 0.3 is 0 Å². The minimum absolute atomic E-state index is 0.00628. The number of nitrogens with zero attached hydrogens (tertiary/aromatic N) is 3. The van der Waals surface area contributed by atoms with Gasteiger partial charge in [0, 0.05) is 49.2 Å². The van der Waals surface area contributed by atoms with Crippen molar-refractivity contribution in [1.29, 1.82) is 0 Å². The van der Waals surface area contributed by atoms with E-state index in [2.05, 4.69) is 0 Å². The Hall–Kier alpha value is -2.99. The monoisotopic (exact) mass is 411 g/mol.